The van der Waals surface area contributed by atoms with Gasteiger partial charge in [-0.1, -0.05) is 46.4 Å². The van der Waals surface area contributed by atoms with Crippen LogP contribution in [-0.4, -0.2) is 41.2 Å². The normalized spacial score (nSPS) is 10.6. The van der Waals surface area contributed by atoms with Gasteiger partial charge in [0, 0.05) is 10.6 Å². The lowest BCUT2D eigenvalue weighted by atomic mass is 10.0. The van der Waals surface area contributed by atoms with Gasteiger partial charge in [-0.3, -0.25) is 14.5 Å². The molecular formula is C24H17Cl4NO7. The molecule has 0 aliphatic heterocycles. The first-order chi connectivity index (χ1) is 17.0. The number of aliphatic carboxylic acids is 1. The van der Waals surface area contributed by atoms with Crippen LogP contribution in [0.25, 0.3) is 0 Å². The smallest absolute Gasteiger partial charge is 0.414 e. The van der Waals surface area contributed by atoms with Crippen molar-refractivity contribution in [2.45, 2.75) is 6.92 Å². The van der Waals surface area contributed by atoms with Crippen LogP contribution in [0.4, 0.5) is 10.5 Å². The minimum absolute atomic E-state index is 0.0285. The third kappa shape index (κ3) is 6.33. The summed E-state index contributed by atoms with van der Waals surface area (Å²) < 4.78 is 10.7. The predicted molar refractivity (Wildman–Crippen MR) is 137 cm³/mol. The van der Waals surface area contributed by atoms with Gasteiger partial charge in [0.15, 0.2) is 11.5 Å². The van der Waals surface area contributed by atoms with E-state index in [4.69, 9.17) is 61.0 Å². The summed E-state index contributed by atoms with van der Waals surface area (Å²) in [4.78, 5) is 37.3. The van der Waals surface area contributed by atoms with E-state index in [2.05, 4.69) is 0 Å². The molecule has 8 nitrogen and oxygen atoms in total. The Hall–Kier alpha value is -3.17. The number of carbonyl (C=O) groups is 3. The van der Waals surface area contributed by atoms with E-state index in [1.807, 2.05) is 0 Å². The number of benzene rings is 3. The van der Waals surface area contributed by atoms with Gasteiger partial charge in [0.25, 0.3) is 0 Å². The zero-order chi connectivity index (χ0) is 26.6. The summed E-state index contributed by atoms with van der Waals surface area (Å²) in [6, 6.07) is 10.8. The van der Waals surface area contributed by atoms with Crippen LogP contribution in [0.2, 0.25) is 20.1 Å². The van der Waals surface area contributed by atoms with E-state index in [0.717, 1.165) is 4.90 Å². The first-order valence-electron chi connectivity index (χ1n) is 10.2. The maximum absolute atomic E-state index is 13.0. The number of phenolic OH excluding ortho intramolecular Hbond substituents is 1. The number of halogens is 4. The van der Waals surface area contributed by atoms with Gasteiger partial charge in [0.2, 0.25) is 0 Å². The second-order valence-electron chi connectivity index (χ2n) is 7.15. The van der Waals surface area contributed by atoms with Gasteiger partial charge in [-0.15, -0.1) is 0 Å². The number of hydrogen-bond donors (Lipinski definition) is 2. The van der Waals surface area contributed by atoms with Crippen LogP contribution < -0.4 is 9.64 Å². The molecule has 0 aliphatic carbocycles. The number of carboxylic acids is 1. The predicted octanol–water partition coefficient (Wildman–Crippen LogP) is 7.08. The van der Waals surface area contributed by atoms with Gasteiger partial charge >= 0.3 is 12.1 Å². The third-order valence-electron chi connectivity index (χ3n) is 4.68. The number of hydrogen-bond acceptors (Lipinski definition) is 6. The number of ether oxygens (including phenoxy) is 2. The van der Waals surface area contributed by atoms with Gasteiger partial charge in [-0.05, 0) is 55.5 Å². The van der Waals surface area contributed by atoms with Crippen molar-refractivity contribution in [1.82, 2.24) is 0 Å². The molecule has 3 rings (SSSR count). The number of ketones is 1. The molecular weight excluding hydrogens is 556 g/mol. The Balaban J connectivity index is 1.94. The average molecular weight is 573 g/mol. The zero-order valence-electron chi connectivity index (χ0n) is 18.4. The van der Waals surface area contributed by atoms with Gasteiger partial charge < -0.3 is 19.7 Å². The van der Waals surface area contributed by atoms with Crippen LogP contribution >= 0.6 is 46.4 Å². The molecule has 0 saturated carbocycles. The van der Waals surface area contributed by atoms with Crippen LogP contribution in [0.3, 0.4) is 0 Å². The number of anilines is 1. The highest BCUT2D eigenvalue weighted by Crippen LogP contribution is 2.41. The molecule has 0 fully saturated rings. The van der Waals surface area contributed by atoms with Crippen LogP contribution in [0.1, 0.15) is 22.8 Å². The van der Waals surface area contributed by atoms with Crippen molar-refractivity contribution < 1.29 is 34.1 Å². The summed E-state index contributed by atoms with van der Waals surface area (Å²) in [6.45, 7) is 0.911. The fourth-order valence-corrected chi connectivity index (χ4v) is 4.14. The largest absolute Gasteiger partial charge is 0.507 e. The number of carboxylic acid groups (broad SMARTS) is 1. The van der Waals surface area contributed by atoms with Crippen LogP contribution in [0, 0.1) is 0 Å². The molecule has 0 bridgehead atoms. The molecule has 0 saturated heterocycles. The summed E-state index contributed by atoms with van der Waals surface area (Å²) in [5.74, 6) is -2.10. The first-order valence-corrected chi connectivity index (χ1v) is 11.7. The van der Waals surface area contributed by atoms with Gasteiger partial charge in [0.1, 0.15) is 18.0 Å². The number of aromatic hydroxyl groups is 1. The Kier molecular flexibility index (Phi) is 8.92. The highest BCUT2D eigenvalue weighted by Gasteiger charge is 2.24. The quantitative estimate of drug-likeness (QED) is 0.277. The van der Waals surface area contributed by atoms with E-state index < -0.39 is 24.4 Å². The molecule has 3 aromatic rings. The maximum atomic E-state index is 13.0. The van der Waals surface area contributed by atoms with Crippen LogP contribution in [0.15, 0.2) is 48.5 Å². The molecule has 1 amide bonds. The van der Waals surface area contributed by atoms with Crippen molar-refractivity contribution in [2.75, 3.05) is 18.1 Å². The molecule has 0 atom stereocenters. The lowest BCUT2D eigenvalue weighted by Gasteiger charge is -2.21. The van der Waals surface area contributed by atoms with Crippen molar-refractivity contribution >= 4 is 69.9 Å². The third-order valence-corrected chi connectivity index (χ3v) is 5.79. The van der Waals surface area contributed by atoms with Gasteiger partial charge in [-0.25, -0.2) is 4.79 Å². The summed E-state index contributed by atoms with van der Waals surface area (Å²) in [7, 11) is 0. The highest BCUT2D eigenvalue weighted by molar-refractivity contribution is 6.38. The summed E-state index contributed by atoms with van der Waals surface area (Å²) in [5, 5.41) is 19.7. The van der Waals surface area contributed by atoms with E-state index in [1.54, 1.807) is 6.92 Å². The maximum Gasteiger partial charge on any atom is 0.414 e. The van der Waals surface area contributed by atoms with Crippen LogP contribution in [-0.2, 0) is 9.53 Å². The first kappa shape index (κ1) is 27.4. The highest BCUT2D eigenvalue weighted by atomic mass is 35.5. The lowest BCUT2D eigenvalue weighted by Crippen LogP contribution is -2.36. The summed E-state index contributed by atoms with van der Waals surface area (Å²) >= 11 is 24.7. The Morgan fingerprint density at radius 3 is 2.14 bits per heavy atom. The molecule has 0 radical (unpaired) electrons. The van der Waals surface area contributed by atoms with Crippen molar-refractivity contribution in [3.05, 3.63) is 79.7 Å². The molecule has 0 heterocycles. The minimum atomic E-state index is -1.28. The minimum Gasteiger partial charge on any atom is -0.507 e. The SMILES string of the molecule is CCOC(=O)N(CC(=O)O)c1cc(Cl)c(Oc2ccc(O)c(C(=O)c3ccc(Cl)cc3Cl)c2)c(Cl)c1. The Labute approximate surface area is 225 Å². The Morgan fingerprint density at radius 1 is 0.889 bits per heavy atom. The fraction of sp³-hybridized carbons (Fsp3) is 0.125. The van der Waals surface area contributed by atoms with Gasteiger partial charge in [0.05, 0.1) is 32.9 Å². The average Bonchev–Trinajstić information content (AvgIpc) is 2.80. The van der Waals surface area contributed by atoms with Crippen molar-refractivity contribution in [3.8, 4) is 17.2 Å². The molecule has 188 valence electrons. The fourth-order valence-electron chi connectivity index (χ4n) is 3.09. The molecule has 0 spiro atoms. The Morgan fingerprint density at radius 2 is 1.56 bits per heavy atom. The van der Waals surface area contributed by atoms with Crippen molar-refractivity contribution in [1.29, 1.82) is 0 Å². The molecule has 12 heteroatoms. The number of rotatable bonds is 8. The standard InChI is InChI=1S/C24H17Cl4NO7/c1-2-35-24(34)29(11-21(31)32)13-8-18(27)23(19(28)9-13)36-14-4-6-20(30)16(10-14)22(33)15-5-3-12(25)7-17(15)26/h3-10,30H,2,11H2,1H3,(H,31,32). The second-order valence-corrected chi connectivity index (χ2v) is 8.81. The molecule has 0 aromatic heterocycles. The van der Waals surface area contributed by atoms with Gasteiger partial charge in [-0.2, -0.15) is 0 Å². The number of amides is 1. The van der Waals surface area contributed by atoms with Crippen molar-refractivity contribution in [2.24, 2.45) is 0 Å². The Bertz CT molecular complexity index is 1320. The summed E-state index contributed by atoms with van der Waals surface area (Å²) in [5.41, 5.74) is 0.0825. The second kappa shape index (κ2) is 11.7. The molecule has 0 unspecified atom stereocenters. The molecule has 3 aromatic carbocycles. The monoisotopic (exact) mass is 571 g/mol. The topological polar surface area (TPSA) is 113 Å². The lowest BCUT2D eigenvalue weighted by molar-refractivity contribution is -0.135. The summed E-state index contributed by atoms with van der Waals surface area (Å²) in [6.07, 6.45) is -0.900. The van der Waals surface area contributed by atoms with E-state index >= 15 is 0 Å². The number of phenols is 1. The van der Waals surface area contributed by atoms with E-state index in [-0.39, 0.29) is 55.7 Å². The number of nitrogens with zero attached hydrogens (tertiary/aromatic N) is 1. The van der Waals surface area contributed by atoms with E-state index in [9.17, 15) is 19.5 Å². The van der Waals surface area contributed by atoms with Crippen molar-refractivity contribution in [3.63, 3.8) is 0 Å². The molecule has 0 aliphatic rings. The number of carbonyl (C=O) groups excluding carboxylic acids is 2. The zero-order valence-corrected chi connectivity index (χ0v) is 21.5. The van der Waals surface area contributed by atoms with E-state index in [0.29, 0.717) is 5.02 Å². The van der Waals surface area contributed by atoms with E-state index in [1.165, 1.54) is 48.5 Å². The van der Waals surface area contributed by atoms with Crippen LogP contribution in [0.5, 0.6) is 17.2 Å². The molecule has 2 N–H and O–H groups in total. The molecule has 36 heavy (non-hydrogen) atoms.